The van der Waals surface area contributed by atoms with Crippen LogP contribution in [-0.2, 0) is 4.79 Å². The van der Waals surface area contributed by atoms with Crippen LogP contribution in [0.25, 0.3) is 0 Å². The summed E-state index contributed by atoms with van der Waals surface area (Å²) in [5, 5.41) is 0. The number of carbonyl (C=O) groups is 1. The molecule has 0 radical (unpaired) electrons. The Hall–Kier alpha value is -1.05. The smallest absolute Gasteiger partial charge is 0.225 e. The summed E-state index contributed by atoms with van der Waals surface area (Å²) in [6.07, 6.45) is 11.5. The number of rotatable bonds is 6. The van der Waals surface area contributed by atoms with E-state index in [1.165, 1.54) is 12.0 Å². The van der Waals surface area contributed by atoms with E-state index in [0.29, 0.717) is 23.7 Å². The van der Waals surface area contributed by atoms with Gasteiger partial charge in [-0.25, -0.2) is 0 Å². The van der Waals surface area contributed by atoms with Crippen LogP contribution in [-0.4, -0.2) is 23.9 Å². The van der Waals surface area contributed by atoms with Crippen LogP contribution in [0.15, 0.2) is 23.8 Å². The zero-order valence-electron chi connectivity index (χ0n) is 14.1. The highest BCUT2D eigenvalue weighted by atomic mass is 16.2. The van der Waals surface area contributed by atoms with Crippen molar-refractivity contribution < 1.29 is 4.79 Å². The van der Waals surface area contributed by atoms with Gasteiger partial charge in [-0.05, 0) is 50.4 Å². The average Bonchev–Trinajstić information content (AvgIpc) is 3.23. The number of carbonyl (C=O) groups excluding carboxylic acids is 1. The van der Waals surface area contributed by atoms with Crippen molar-refractivity contribution in [3.8, 4) is 0 Å². The normalized spacial score (nSPS) is 26.2. The van der Waals surface area contributed by atoms with Gasteiger partial charge in [0.25, 0.3) is 0 Å². The number of hydrogen-bond acceptors (Lipinski definition) is 1. The minimum absolute atomic E-state index is 0.330. The van der Waals surface area contributed by atoms with Crippen molar-refractivity contribution in [2.75, 3.05) is 13.1 Å². The fourth-order valence-electron chi connectivity index (χ4n) is 3.23. The van der Waals surface area contributed by atoms with E-state index in [4.69, 9.17) is 0 Å². The molecule has 1 saturated carbocycles. The second-order valence-electron chi connectivity index (χ2n) is 7.47. The summed E-state index contributed by atoms with van der Waals surface area (Å²) < 4.78 is 0. The summed E-state index contributed by atoms with van der Waals surface area (Å²) in [6, 6.07) is 0. The molecule has 0 N–H and O–H groups in total. The Balaban J connectivity index is 1.88. The highest BCUT2D eigenvalue weighted by Crippen LogP contribution is 2.32. The van der Waals surface area contributed by atoms with Crippen LogP contribution in [0.1, 0.15) is 53.4 Å². The van der Waals surface area contributed by atoms with Gasteiger partial charge in [0.1, 0.15) is 0 Å². The predicted octanol–water partition coefficient (Wildman–Crippen LogP) is 4.43. The first-order chi connectivity index (χ1) is 9.97. The van der Waals surface area contributed by atoms with Crippen LogP contribution in [0, 0.1) is 23.7 Å². The van der Waals surface area contributed by atoms with Gasteiger partial charge in [0, 0.05) is 19.0 Å². The van der Waals surface area contributed by atoms with E-state index in [1.807, 2.05) is 0 Å². The molecule has 2 aliphatic carbocycles. The summed E-state index contributed by atoms with van der Waals surface area (Å²) in [5.41, 5.74) is 1.53. The monoisotopic (exact) mass is 289 g/mol. The number of nitrogens with zero attached hydrogens (tertiary/aromatic N) is 1. The highest BCUT2D eigenvalue weighted by Gasteiger charge is 2.33. The van der Waals surface area contributed by atoms with Gasteiger partial charge < -0.3 is 4.90 Å². The molecule has 2 nitrogen and oxygen atoms in total. The van der Waals surface area contributed by atoms with Crippen molar-refractivity contribution >= 4 is 5.91 Å². The molecular weight excluding hydrogens is 258 g/mol. The second-order valence-corrected chi connectivity index (χ2v) is 7.47. The predicted molar refractivity (Wildman–Crippen MR) is 88.9 cm³/mol. The van der Waals surface area contributed by atoms with Gasteiger partial charge in [0.15, 0.2) is 0 Å². The average molecular weight is 289 g/mol. The Morgan fingerprint density at radius 2 is 2.14 bits per heavy atom. The zero-order valence-corrected chi connectivity index (χ0v) is 14.1. The number of hydrogen-bond donors (Lipinski definition) is 0. The van der Waals surface area contributed by atoms with Crippen molar-refractivity contribution in [3.05, 3.63) is 23.8 Å². The van der Waals surface area contributed by atoms with Gasteiger partial charge in [-0.2, -0.15) is 0 Å². The van der Waals surface area contributed by atoms with Gasteiger partial charge in [0.2, 0.25) is 5.91 Å². The van der Waals surface area contributed by atoms with Crippen molar-refractivity contribution in [1.29, 1.82) is 0 Å². The molecule has 0 bridgehead atoms. The van der Waals surface area contributed by atoms with Crippen molar-refractivity contribution in [2.45, 2.75) is 53.4 Å². The van der Waals surface area contributed by atoms with Crippen molar-refractivity contribution in [3.63, 3.8) is 0 Å². The van der Waals surface area contributed by atoms with E-state index < -0.39 is 0 Å². The third-order valence-corrected chi connectivity index (χ3v) is 4.65. The minimum Gasteiger partial charge on any atom is -0.338 e. The first-order valence-corrected chi connectivity index (χ1v) is 8.58. The van der Waals surface area contributed by atoms with Gasteiger partial charge in [-0.3, -0.25) is 4.79 Å². The molecule has 0 aliphatic heterocycles. The lowest BCUT2D eigenvalue weighted by Gasteiger charge is -2.26. The molecule has 2 heteroatoms. The minimum atomic E-state index is 0.330. The van der Waals surface area contributed by atoms with E-state index in [0.717, 1.165) is 38.3 Å². The van der Waals surface area contributed by atoms with E-state index in [1.54, 1.807) is 0 Å². The van der Waals surface area contributed by atoms with Crippen LogP contribution >= 0.6 is 0 Å². The van der Waals surface area contributed by atoms with E-state index >= 15 is 0 Å². The molecule has 2 aliphatic rings. The van der Waals surface area contributed by atoms with Gasteiger partial charge >= 0.3 is 0 Å². The number of amides is 1. The molecule has 0 saturated heterocycles. The molecule has 1 fully saturated rings. The lowest BCUT2D eigenvalue weighted by Crippen LogP contribution is -2.35. The van der Waals surface area contributed by atoms with Crippen molar-refractivity contribution in [1.82, 2.24) is 4.90 Å². The molecular formula is C19H31NO. The van der Waals surface area contributed by atoms with Crippen molar-refractivity contribution in [2.24, 2.45) is 23.7 Å². The number of allylic oxidation sites excluding steroid dienone is 3. The molecule has 0 aromatic carbocycles. The third kappa shape index (κ3) is 5.01. The summed E-state index contributed by atoms with van der Waals surface area (Å²) >= 11 is 0. The summed E-state index contributed by atoms with van der Waals surface area (Å²) in [5.74, 6) is 2.62. The fourth-order valence-corrected chi connectivity index (χ4v) is 3.23. The van der Waals surface area contributed by atoms with Crippen LogP contribution in [0.3, 0.4) is 0 Å². The Labute approximate surface area is 130 Å². The summed E-state index contributed by atoms with van der Waals surface area (Å²) in [7, 11) is 0. The SMILES string of the molecule is CC1=CCC(/C=C\CN(CC(C)C)C(=O)C2CC2)C(C)C1. The third-order valence-electron chi connectivity index (χ3n) is 4.65. The maximum absolute atomic E-state index is 12.3. The quantitative estimate of drug-likeness (QED) is 0.662. The Kier molecular flexibility index (Phi) is 5.66. The lowest BCUT2D eigenvalue weighted by atomic mass is 9.81. The Morgan fingerprint density at radius 1 is 1.43 bits per heavy atom. The first-order valence-electron chi connectivity index (χ1n) is 8.58. The highest BCUT2D eigenvalue weighted by molar-refractivity contribution is 5.81. The largest absolute Gasteiger partial charge is 0.338 e. The summed E-state index contributed by atoms with van der Waals surface area (Å²) in [6.45, 7) is 10.6. The van der Waals surface area contributed by atoms with E-state index in [-0.39, 0.29) is 0 Å². The molecule has 118 valence electrons. The molecule has 2 rings (SSSR count). The topological polar surface area (TPSA) is 20.3 Å². The van der Waals surface area contributed by atoms with Gasteiger partial charge in [0.05, 0.1) is 0 Å². The van der Waals surface area contributed by atoms with Gasteiger partial charge in [-0.15, -0.1) is 0 Å². The first kappa shape index (κ1) is 16.3. The Morgan fingerprint density at radius 3 is 2.71 bits per heavy atom. The maximum atomic E-state index is 12.3. The van der Waals surface area contributed by atoms with Crippen LogP contribution in [0.2, 0.25) is 0 Å². The standard InChI is InChI=1S/C19H31NO/c1-14(2)13-20(19(21)18-9-10-18)11-5-6-17-8-7-15(3)12-16(17)4/h5-7,14,16-18H,8-13H2,1-4H3/b6-5-. The second kappa shape index (κ2) is 7.29. The van der Waals surface area contributed by atoms with Crippen LogP contribution in [0.4, 0.5) is 0 Å². The molecule has 0 aromatic heterocycles. The van der Waals surface area contributed by atoms with E-state index in [2.05, 4.69) is 50.8 Å². The molecule has 0 spiro atoms. The lowest BCUT2D eigenvalue weighted by molar-refractivity contribution is -0.132. The molecule has 2 atom stereocenters. The molecule has 1 amide bonds. The summed E-state index contributed by atoms with van der Waals surface area (Å²) in [4.78, 5) is 14.4. The zero-order chi connectivity index (χ0) is 15.4. The fraction of sp³-hybridized carbons (Fsp3) is 0.737. The molecule has 0 heterocycles. The molecule has 2 unspecified atom stereocenters. The Bertz CT molecular complexity index is 417. The van der Waals surface area contributed by atoms with E-state index in [9.17, 15) is 4.79 Å². The maximum Gasteiger partial charge on any atom is 0.225 e. The molecule has 21 heavy (non-hydrogen) atoms. The van der Waals surface area contributed by atoms with Gasteiger partial charge in [-0.1, -0.05) is 44.6 Å². The van der Waals surface area contributed by atoms with Crippen LogP contribution < -0.4 is 0 Å². The van der Waals surface area contributed by atoms with Crippen LogP contribution in [0.5, 0.6) is 0 Å². The molecule has 0 aromatic rings.